The van der Waals surface area contributed by atoms with Crippen molar-refractivity contribution in [1.29, 1.82) is 0 Å². The highest BCUT2D eigenvalue weighted by Gasteiger charge is 2.48. The third-order valence-electron chi connectivity index (χ3n) is 9.32. The molecule has 1 spiro atoms. The third kappa shape index (κ3) is 5.54. The topological polar surface area (TPSA) is 149 Å². The van der Waals surface area contributed by atoms with Crippen LogP contribution in [-0.2, 0) is 19.9 Å². The predicted octanol–water partition coefficient (Wildman–Crippen LogP) is 4.03. The van der Waals surface area contributed by atoms with Crippen LogP contribution < -0.4 is 15.5 Å². The Kier molecular flexibility index (Phi) is 7.87. The molecule has 44 heavy (non-hydrogen) atoms. The van der Waals surface area contributed by atoms with Gasteiger partial charge in [-0.3, -0.25) is 24.6 Å². The summed E-state index contributed by atoms with van der Waals surface area (Å²) >= 11 is 6.30. The smallest absolute Gasteiger partial charge is 0.412 e. The zero-order chi connectivity index (χ0) is 31.2. The fourth-order valence-corrected chi connectivity index (χ4v) is 7.13. The van der Waals surface area contributed by atoms with Gasteiger partial charge in [-0.15, -0.1) is 0 Å². The number of carbonyl (C=O) groups excluding carboxylic acids is 4. The monoisotopic (exact) mass is 623 g/mol. The molecule has 3 heterocycles. The lowest BCUT2D eigenvalue weighted by Gasteiger charge is -2.46. The molecule has 4 aliphatic rings. The number of piperidine rings is 1. The van der Waals surface area contributed by atoms with Crippen molar-refractivity contribution >= 4 is 52.9 Å². The zero-order valence-corrected chi connectivity index (χ0v) is 25.0. The van der Waals surface area contributed by atoms with E-state index >= 15 is 0 Å². The number of hydrogen-bond acceptors (Lipinski definition) is 6. The summed E-state index contributed by atoms with van der Waals surface area (Å²) < 4.78 is 5.84. The average molecular weight is 624 g/mol. The minimum absolute atomic E-state index is 0.0395. The number of ether oxygens (including phenoxy) is 1. The molecule has 232 valence electrons. The first kappa shape index (κ1) is 29.7. The number of anilines is 2. The van der Waals surface area contributed by atoms with Crippen molar-refractivity contribution in [1.82, 2.24) is 15.1 Å². The van der Waals surface area contributed by atoms with Crippen molar-refractivity contribution < 1.29 is 33.8 Å². The summed E-state index contributed by atoms with van der Waals surface area (Å²) in [4.78, 5) is 69.2. The molecule has 3 N–H and O–H groups in total. The van der Waals surface area contributed by atoms with Gasteiger partial charge in [0.1, 0.15) is 6.04 Å². The van der Waals surface area contributed by atoms with Crippen molar-refractivity contribution in [3.63, 3.8) is 0 Å². The molecular formula is C31H34ClN5O7. The Morgan fingerprint density at radius 2 is 1.93 bits per heavy atom. The number of fused-ring (bicyclic) bond motifs is 3. The number of halogens is 1. The molecule has 3 fully saturated rings. The first-order valence-electron chi connectivity index (χ1n) is 14.8. The minimum Gasteiger partial charge on any atom is -0.465 e. The molecule has 2 saturated heterocycles. The van der Waals surface area contributed by atoms with Crippen LogP contribution in [0.3, 0.4) is 0 Å². The summed E-state index contributed by atoms with van der Waals surface area (Å²) in [5.74, 6) is -0.717. The second-order valence-electron chi connectivity index (χ2n) is 12.0. The number of likely N-dealkylation sites (tertiary alicyclic amines) is 2. The molecule has 0 aromatic heterocycles. The van der Waals surface area contributed by atoms with E-state index in [4.69, 9.17) is 16.3 Å². The van der Waals surface area contributed by atoms with Gasteiger partial charge in [-0.25, -0.2) is 9.59 Å². The normalized spacial score (nSPS) is 24.3. The van der Waals surface area contributed by atoms with Gasteiger partial charge in [-0.2, -0.15) is 0 Å². The Morgan fingerprint density at radius 3 is 2.66 bits per heavy atom. The summed E-state index contributed by atoms with van der Waals surface area (Å²) in [5.41, 5.74) is 0.675. The zero-order valence-electron chi connectivity index (χ0n) is 24.3. The fraction of sp³-hybridized carbons (Fsp3) is 0.452. The van der Waals surface area contributed by atoms with Gasteiger partial charge >= 0.3 is 12.2 Å². The van der Waals surface area contributed by atoms with E-state index in [1.54, 1.807) is 23.1 Å². The molecule has 1 saturated carbocycles. The number of nitrogens with one attached hydrogen (secondary N) is 2. The molecule has 12 nitrogen and oxygen atoms in total. The maximum atomic E-state index is 14.1. The molecule has 4 atom stereocenters. The molecule has 0 radical (unpaired) electrons. The first-order chi connectivity index (χ1) is 21.0. The van der Waals surface area contributed by atoms with Crippen molar-refractivity contribution in [3.8, 4) is 0 Å². The number of benzene rings is 2. The summed E-state index contributed by atoms with van der Waals surface area (Å²) in [7, 11) is 1.39. The van der Waals surface area contributed by atoms with Crippen LogP contribution >= 0.6 is 11.6 Å². The molecule has 0 bridgehead atoms. The number of rotatable bonds is 6. The number of carboxylic acid groups (broad SMARTS) is 1. The number of carbonyl (C=O) groups is 5. The van der Waals surface area contributed by atoms with Gasteiger partial charge < -0.3 is 25.0 Å². The van der Waals surface area contributed by atoms with Crippen LogP contribution in [0.4, 0.5) is 21.0 Å². The van der Waals surface area contributed by atoms with E-state index < -0.39 is 35.6 Å². The molecule has 6 rings (SSSR count). The van der Waals surface area contributed by atoms with Gasteiger partial charge in [0.15, 0.2) is 5.60 Å². The van der Waals surface area contributed by atoms with E-state index in [1.165, 1.54) is 31.3 Å². The highest BCUT2D eigenvalue weighted by molar-refractivity contribution is 6.30. The highest BCUT2D eigenvalue weighted by atomic mass is 35.5. The molecule has 2 aromatic carbocycles. The maximum absolute atomic E-state index is 14.1. The SMILES string of the molecule is CN(C(=O)O)c1ccc(C(=O)N[C@@H](CC(=O)N2CC3CCCC32)C(=O)N2CCC[C@@]3(C2)OC(=O)Nc2ccc(Cl)cc23)cc1. The van der Waals surface area contributed by atoms with Gasteiger partial charge in [0.25, 0.3) is 5.91 Å². The van der Waals surface area contributed by atoms with Crippen LogP contribution in [0.1, 0.15) is 54.4 Å². The molecule has 3 aliphatic heterocycles. The van der Waals surface area contributed by atoms with Gasteiger partial charge in [-0.05, 0) is 74.1 Å². The standard InChI is InChI=1S/C31H34ClN5O7/c1-35(30(42)43)21-9-6-18(7-10-21)27(39)33-24(15-26(38)37-16-19-4-2-5-25(19)37)28(40)36-13-3-12-31(17-36)22-14-20(32)8-11-23(22)34-29(41)44-31/h6-11,14,19,24-25H,2-5,12-13,15-17H2,1H3,(H,33,39)(H,34,41)(H,42,43)/t19?,24-,25?,31-/m0/s1. The first-order valence-corrected chi connectivity index (χ1v) is 15.2. The fourth-order valence-electron chi connectivity index (χ4n) is 6.96. The van der Waals surface area contributed by atoms with Gasteiger partial charge in [0, 0.05) is 48.0 Å². The van der Waals surface area contributed by atoms with Crippen LogP contribution in [0.5, 0.6) is 0 Å². The average Bonchev–Trinajstić information content (AvgIpc) is 3.36. The molecular weight excluding hydrogens is 590 g/mol. The van der Waals surface area contributed by atoms with E-state index in [0.717, 1.165) is 24.2 Å². The van der Waals surface area contributed by atoms with Crippen LogP contribution in [0.25, 0.3) is 0 Å². The van der Waals surface area contributed by atoms with Gasteiger partial charge in [-0.1, -0.05) is 18.0 Å². The molecule has 5 amide bonds. The van der Waals surface area contributed by atoms with Crippen LogP contribution in [0.2, 0.25) is 5.02 Å². The minimum atomic E-state index is -1.16. The lowest BCUT2D eigenvalue weighted by Crippen LogP contribution is -2.60. The Bertz CT molecular complexity index is 1520. The van der Waals surface area contributed by atoms with Crippen LogP contribution in [0, 0.1) is 5.92 Å². The summed E-state index contributed by atoms with van der Waals surface area (Å²) in [6.45, 7) is 1.05. The second-order valence-corrected chi connectivity index (χ2v) is 12.4. The second kappa shape index (κ2) is 11.6. The van der Waals surface area contributed by atoms with Crippen molar-refractivity contribution in [2.24, 2.45) is 5.92 Å². The predicted molar refractivity (Wildman–Crippen MR) is 161 cm³/mol. The Morgan fingerprint density at radius 1 is 1.16 bits per heavy atom. The number of hydrogen-bond donors (Lipinski definition) is 3. The van der Waals surface area contributed by atoms with E-state index in [0.29, 0.717) is 53.8 Å². The number of nitrogens with zero attached hydrogens (tertiary/aromatic N) is 3. The summed E-state index contributed by atoms with van der Waals surface area (Å²) in [5, 5.41) is 15.2. The lowest BCUT2D eigenvalue weighted by molar-refractivity contribution is -0.148. The quantitative estimate of drug-likeness (QED) is 0.440. The molecule has 13 heteroatoms. The van der Waals surface area contributed by atoms with Crippen LogP contribution in [0.15, 0.2) is 42.5 Å². The van der Waals surface area contributed by atoms with Gasteiger partial charge in [0.2, 0.25) is 11.8 Å². The Hall–Kier alpha value is -4.32. The highest BCUT2D eigenvalue weighted by Crippen LogP contribution is 2.44. The third-order valence-corrected chi connectivity index (χ3v) is 9.56. The van der Waals surface area contributed by atoms with Crippen LogP contribution in [-0.4, -0.2) is 83.6 Å². The molecule has 1 aliphatic carbocycles. The molecule has 2 aromatic rings. The van der Waals surface area contributed by atoms with Crippen molar-refractivity contribution in [2.45, 2.75) is 56.2 Å². The largest absolute Gasteiger partial charge is 0.465 e. The Balaban J connectivity index is 1.24. The summed E-state index contributed by atoms with van der Waals surface area (Å²) in [6, 6.07) is 10.0. The van der Waals surface area contributed by atoms with E-state index in [2.05, 4.69) is 10.6 Å². The van der Waals surface area contributed by atoms with Crippen molar-refractivity contribution in [2.75, 3.05) is 36.9 Å². The van der Waals surface area contributed by atoms with E-state index in [1.807, 2.05) is 4.90 Å². The number of amides is 5. The van der Waals surface area contributed by atoms with E-state index in [-0.39, 0.29) is 30.5 Å². The van der Waals surface area contributed by atoms with E-state index in [9.17, 15) is 29.1 Å². The Labute approximate surface area is 259 Å². The summed E-state index contributed by atoms with van der Waals surface area (Å²) in [6.07, 6.45) is 2.11. The lowest BCUT2D eigenvalue weighted by atomic mass is 9.83. The maximum Gasteiger partial charge on any atom is 0.412 e. The molecule has 2 unspecified atom stereocenters. The van der Waals surface area contributed by atoms with Gasteiger partial charge in [0.05, 0.1) is 18.7 Å². The van der Waals surface area contributed by atoms with Crippen molar-refractivity contribution in [3.05, 3.63) is 58.6 Å².